The van der Waals surface area contributed by atoms with Crippen molar-refractivity contribution in [2.45, 2.75) is 53.0 Å². The van der Waals surface area contributed by atoms with Gasteiger partial charge in [0.25, 0.3) is 0 Å². The van der Waals surface area contributed by atoms with Crippen LogP contribution in [0.3, 0.4) is 0 Å². The van der Waals surface area contributed by atoms with Crippen LogP contribution in [0, 0.1) is 11.8 Å². The molecule has 0 aromatic carbocycles. The van der Waals surface area contributed by atoms with Crippen LogP contribution in [0.1, 0.15) is 47.0 Å². The maximum absolute atomic E-state index is 3.72. The van der Waals surface area contributed by atoms with E-state index >= 15 is 0 Å². The molecular weight excluding hydrogens is 196 g/mol. The molecule has 2 heteroatoms. The first-order valence-corrected chi connectivity index (χ1v) is 7.13. The van der Waals surface area contributed by atoms with Crippen molar-refractivity contribution >= 4 is 0 Å². The Labute approximate surface area is 102 Å². The van der Waals surface area contributed by atoms with Gasteiger partial charge in [0.1, 0.15) is 0 Å². The summed E-state index contributed by atoms with van der Waals surface area (Å²) in [5, 5.41) is 3.72. The molecule has 1 aliphatic heterocycles. The third-order valence-corrected chi connectivity index (χ3v) is 4.28. The lowest BCUT2D eigenvalue weighted by Gasteiger charge is -2.33. The highest BCUT2D eigenvalue weighted by molar-refractivity contribution is 4.76. The van der Waals surface area contributed by atoms with Gasteiger partial charge in [-0.3, -0.25) is 0 Å². The lowest BCUT2D eigenvalue weighted by atomic mass is 9.96. The highest BCUT2D eigenvalue weighted by Crippen LogP contribution is 2.16. The lowest BCUT2D eigenvalue weighted by Crippen LogP contribution is -2.42. The van der Waals surface area contributed by atoms with E-state index in [2.05, 4.69) is 37.9 Å². The Morgan fingerprint density at radius 2 is 2.06 bits per heavy atom. The van der Waals surface area contributed by atoms with Crippen molar-refractivity contribution in [2.24, 2.45) is 11.8 Å². The molecule has 0 bridgehead atoms. The number of nitrogens with one attached hydrogen (secondary N) is 1. The summed E-state index contributed by atoms with van der Waals surface area (Å²) in [5.41, 5.74) is 0. The van der Waals surface area contributed by atoms with E-state index in [0.717, 1.165) is 11.8 Å². The number of nitrogens with zero attached hydrogens (tertiary/aromatic N) is 1. The molecule has 0 saturated carbocycles. The molecule has 1 N–H and O–H groups in total. The predicted molar refractivity (Wildman–Crippen MR) is 71.8 cm³/mol. The van der Waals surface area contributed by atoms with E-state index in [0.29, 0.717) is 6.04 Å². The zero-order chi connectivity index (χ0) is 12.0. The Morgan fingerprint density at radius 3 is 2.69 bits per heavy atom. The first kappa shape index (κ1) is 14.0. The summed E-state index contributed by atoms with van der Waals surface area (Å²) in [4.78, 5) is 2.59. The molecule has 3 unspecified atom stereocenters. The summed E-state index contributed by atoms with van der Waals surface area (Å²) in [5.74, 6) is 1.67. The van der Waals surface area contributed by atoms with Crippen LogP contribution in [-0.2, 0) is 0 Å². The van der Waals surface area contributed by atoms with Gasteiger partial charge in [-0.2, -0.15) is 0 Å². The Morgan fingerprint density at radius 1 is 1.31 bits per heavy atom. The lowest BCUT2D eigenvalue weighted by molar-refractivity contribution is 0.175. The van der Waals surface area contributed by atoms with Crippen LogP contribution < -0.4 is 5.32 Å². The second-order valence-corrected chi connectivity index (χ2v) is 5.48. The minimum absolute atomic E-state index is 0.669. The Bertz CT molecular complexity index is 182. The van der Waals surface area contributed by atoms with Crippen LogP contribution in [0.15, 0.2) is 0 Å². The van der Waals surface area contributed by atoms with E-state index in [9.17, 15) is 0 Å². The van der Waals surface area contributed by atoms with Gasteiger partial charge in [-0.1, -0.05) is 27.2 Å². The quantitative estimate of drug-likeness (QED) is 0.749. The maximum atomic E-state index is 3.72. The number of hydrogen-bond acceptors (Lipinski definition) is 2. The van der Waals surface area contributed by atoms with Gasteiger partial charge in [0.05, 0.1) is 0 Å². The highest BCUT2D eigenvalue weighted by atomic mass is 15.1. The molecular formula is C14H30N2. The van der Waals surface area contributed by atoms with E-state index < -0.39 is 0 Å². The Hall–Kier alpha value is -0.0800. The average Bonchev–Trinajstić information content (AvgIpc) is 2.35. The molecule has 96 valence electrons. The molecule has 1 fully saturated rings. The number of hydrogen-bond donors (Lipinski definition) is 1. The van der Waals surface area contributed by atoms with Crippen LogP contribution in [0.2, 0.25) is 0 Å². The zero-order valence-corrected chi connectivity index (χ0v) is 11.6. The normalized spacial score (nSPS) is 26.6. The molecule has 0 radical (unpaired) electrons. The van der Waals surface area contributed by atoms with Crippen molar-refractivity contribution < 1.29 is 0 Å². The second-order valence-electron chi connectivity index (χ2n) is 5.48. The van der Waals surface area contributed by atoms with Crippen molar-refractivity contribution in [1.29, 1.82) is 0 Å². The van der Waals surface area contributed by atoms with Crippen LogP contribution in [-0.4, -0.2) is 37.1 Å². The first-order chi connectivity index (χ1) is 7.67. The zero-order valence-electron chi connectivity index (χ0n) is 11.6. The smallest absolute Gasteiger partial charge is 0.00643 e. The van der Waals surface area contributed by atoms with Crippen LogP contribution >= 0.6 is 0 Å². The van der Waals surface area contributed by atoms with Crippen LogP contribution in [0.25, 0.3) is 0 Å². The molecule has 0 spiro atoms. The standard InChI is InChI=1S/C14H30N2/c1-5-12(3)13(4)15-10-14-8-7-9-16(6-2)11-14/h12-15H,5-11H2,1-4H3. The molecule has 0 aromatic heterocycles. The maximum Gasteiger partial charge on any atom is 0.00643 e. The summed E-state index contributed by atoms with van der Waals surface area (Å²) in [7, 11) is 0. The van der Waals surface area contributed by atoms with Crippen LogP contribution in [0.4, 0.5) is 0 Å². The van der Waals surface area contributed by atoms with Crippen molar-refractivity contribution in [1.82, 2.24) is 10.2 Å². The second kappa shape index (κ2) is 7.29. The topological polar surface area (TPSA) is 15.3 Å². The molecule has 16 heavy (non-hydrogen) atoms. The summed E-state index contributed by atoms with van der Waals surface area (Å²) >= 11 is 0. The van der Waals surface area contributed by atoms with Gasteiger partial charge < -0.3 is 10.2 Å². The molecule has 1 rings (SSSR count). The van der Waals surface area contributed by atoms with Gasteiger partial charge in [0.2, 0.25) is 0 Å². The Kier molecular flexibility index (Phi) is 6.37. The van der Waals surface area contributed by atoms with Crippen LogP contribution in [0.5, 0.6) is 0 Å². The molecule has 1 saturated heterocycles. The van der Waals surface area contributed by atoms with Gasteiger partial charge in [-0.15, -0.1) is 0 Å². The van der Waals surface area contributed by atoms with E-state index in [1.807, 2.05) is 0 Å². The van der Waals surface area contributed by atoms with Crippen molar-refractivity contribution in [3.63, 3.8) is 0 Å². The monoisotopic (exact) mass is 226 g/mol. The molecule has 3 atom stereocenters. The third kappa shape index (κ3) is 4.42. The van der Waals surface area contributed by atoms with Gasteiger partial charge >= 0.3 is 0 Å². The van der Waals surface area contributed by atoms with Gasteiger partial charge in [-0.25, -0.2) is 0 Å². The molecule has 2 nitrogen and oxygen atoms in total. The van der Waals surface area contributed by atoms with E-state index in [4.69, 9.17) is 0 Å². The Balaban J connectivity index is 2.21. The number of rotatable bonds is 6. The summed E-state index contributed by atoms with van der Waals surface area (Å²) in [6.45, 7) is 14.3. The molecule has 0 amide bonds. The number of piperidine rings is 1. The van der Waals surface area contributed by atoms with Crippen molar-refractivity contribution in [3.8, 4) is 0 Å². The van der Waals surface area contributed by atoms with Gasteiger partial charge in [0.15, 0.2) is 0 Å². The predicted octanol–water partition coefficient (Wildman–Crippen LogP) is 2.74. The SMILES string of the molecule is CCC(C)C(C)NCC1CCCN(CC)C1. The summed E-state index contributed by atoms with van der Waals surface area (Å²) < 4.78 is 0. The minimum Gasteiger partial charge on any atom is -0.314 e. The van der Waals surface area contributed by atoms with Gasteiger partial charge in [-0.05, 0) is 51.2 Å². The molecule has 1 heterocycles. The molecule has 0 aliphatic carbocycles. The largest absolute Gasteiger partial charge is 0.314 e. The number of likely N-dealkylation sites (tertiary alicyclic amines) is 1. The van der Waals surface area contributed by atoms with Crippen molar-refractivity contribution in [2.75, 3.05) is 26.2 Å². The van der Waals surface area contributed by atoms with E-state index in [1.54, 1.807) is 0 Å². The summed E-state index contributed by atoms with van der Waals surface area (Å²) in [6.07, 6.45) is 4.08. The fourth-order valence-electron chi connectivity index (χ4n) is 2.51. The fourth-order valence-corrected chi connectivity index (χ4v) is 2.51. The fraction of sp³-hybridized carbons (Fsp3) is 1.00. The minimum atomic E-state index is 0.669. The van der Waals surface area contributed by atoms with Crippen molar-refractivity contribution in [3.05, 3.63) is 0 Å². The first-order valence-electron chi connectivity index (χ1n) is 7.13. The third-order valence-electron chi connectivity index (χ3n) is 4.28. The molecule has 1 aliphatic rings. The van der Waals surface area contributed by atoms with Gasteiger partial charge in [0, 0.05) is 12.6 Å². The average molecular weight is 226 g/mol. The highest BCUT2D eigenvalue weighted by Gasteiger charge is 2.19. The molecule has 0 aromatic rings. The summed E-state index contributed by atoms with van der Waals surface area (Å²) in [6, 6.07) is 0.669. The van der Waals surface area contributed by atoms with E-state index in [-0.39, 0.29) is 0 Å². The van der Waals surface area contributed by atoms with E-state index in [1.165, 1.54) is 45.4 Å².